The Hall–Kier alpha value is -2.39. The van der Waals surface area contributed by atoms with Crippen molar-refractivity contribution in [2.45, 2.75) is 20.0 Å². The zero-order valence-corrected chi connectivity index (χ0v) is 15.6. The lowest BCUT2D eigenvalue weighted by atomic mass is 10.2. The fourth-order valence-electron chi connectivity index (χ4n) is 2.30. The lowest BCUT2D eigenvalue weighted by Crippen LogP contribution is -2.36. The molecule has 1 aromatic heterocycles. The van der Waals surface area contributed by atoms with Crippen molar-refractivity contribution in [3.63, 3.8) is 0 Å². The fourth-order valence-corrected chi connectivity index (χ4v) is 2.30. The minimum absolute atomic E-state index is 0. The molecule has 0 radical (unpaired) electrons. The first-order valence-corrected chi connectivity index (χ1v) is 8.01. The number of hydrogen-bond donors (Lipinski definition) is 2. The Bertz CT molecular complexity index is 853. The monoisotopic (exact) mass is 404 g/mol. The number of carbonyl (C=O) groups is 1. The van der Waals surface area contributed by atoms with Crippen molar-refractivity contribution in [3.05, 3.63) is 57.5 Å². The predicted octanol–water partition coefficient (Wildman–Crippen LogP) is 2.32. The van der Waals surface area contributed by atoms with Crippen LogP contribution in [0.4, 0.5) is 13.2 Å². The number of carbonyl (C=O) groups excluding carboxylic acids is 1. The van der Waals surface area contributed by atoms with Gasteiger partial charge in [0.25, 0.3) is 5.91 Å². The van der Waals surface area contributed by atoms with Crippen LogP contribution in [0, 0.1) is 6.92 Å². The highest BCUT2D eigenvalue weighted by Crippen LogP contribution is 2.30. The van der Waals surface area contributed by atoms with Crippen molar-refractivity contribution in [1.29, 1.82) is 0 Å². The first kappa shape index (κ1) is 22.7. The number of aryl methyl sites for hydroxylation is 1. The molecular formula is C17H20ClF3N4O2. The Morgan fingerprint density at radius 2 is 1.93 bits per heavy atom. The number of alkyl halides is 3. The number of benzene rings is 1. The van der Waals surface area contributed by atoms with Crippen LogP contribution in [-0.2, 0) is 6.18 Å². The second-order valence-corrected chi connectivity index (χ2v) is 5.57. The van der Waals surface area contributed by atoms with Crippen molar-refractivity contribution in [2.75, 3.05) is 19.6 Å². The molecule has 2 N–H and O–H groups in total. The quantitative estimate of drug-likeness (QED) is 0.724. The van der Waals surface area contributed by atoms with E-state index < -0.39 is 23.1 Å². The minimum atomic E-state index is -4.50. The molecule has 0 aliphatic rings. The molecule has 0 saturated heterocycles. The topological polar surface area (TPSA) is 76.0 Å². The summed E-state index contributed by atoms with van der Waals surface area (Å²) in [4.78, 5) is 24.2. The second kappa shape index (κ2) is 9.52. The van der Waals surface area contributed by atoms with Crippen LogP contribution in [0.3, 0.4) is 0 Å². The van der Waals surface area contributed by atoms with Gasteiger partial charge in [-0.3, -0.25) is 9.59 Å². The van der Waals surface area contributed by atoms with E-state index in [1.807, 2.05) is 6.92 Å². The molecule has 0 bridgehead atoms. The Morgan fingerprint density at radius 3 is 2.56 bits per heavy atom. The van der Waals surface area contributed by atoms with E-state index in [4.69, 9.17) is 0 Å². The molecule has 0 atom stereocenters. The molecule has 148 valence electrons. The normalized spacial score (nSPS) is 11.0. The van der Waals surface area contributed by atoms with Gasteiger partial charge >= 0.3 is 6.18 Å². The van der Waals surface area contributed by atoms with Gasteiger partial charge in [-0.15, -0.1) is 12.4 Å². The molecule has 2 aromatic rings. The average molecular weight is 405 g/mol. The molecule has 0 spiro atoms. The molecule has 0 aliphatic carbocycles. The zero-order valence-electron chi connectivity index (χ0n) is 14.8. The molecule has 1 heterocycles. The number of aromatic nitrogens is 2. The lowest BCUT2D eigenvalue weighted by molar-refractivity contribution is -0.137. The van der Waals surface area contributed by atoms with E-state index in [1.54, 1.807) is 0 Å². The fraction of sp³-hybridized carbons (Fsp3) is 0.353. The highest BCUT2D eigenvalue weighted by molar-refractivity contribution is 5.92. The first-order valence-electron chi connectivity index (χ1n) is 8.01. The third-order valence-corrected chi connectivity index (χ3v) is 3.58. The van der Waals surface area contributed by atoms with Gasteiger partial charge in [-0.1, -0.05) is 13.0 Å². The van der Waals surface area contributed by atoms with Crippen molar-refractivity contribution in [3.8, 4) is 5.69 Å². The number of likely N-dealkylation sites (N-methyl/N-ethyl adjacent to an activating group) is 1. The maximum atomic E-state index is 12.9. The summed E-state index contributed by atoms with van der Waals surface area (Å²) in [7, 11) is 0. The van der Waals surface area contributed by atoms with E-state index in [9.17, 15) is 22.8 Å². The maximum absolute atomic E-state index is 12.9. The Kier molecular flexibility index (Phi) is 7.98. The lowest BCUT2D eigenvalue weighted by Gasteiger charge is -2.13. The second-order valence-electron chi connectivity index (χ2n) is 5.57. The van der Waals surface area contributed by atoms with Crippen molar-refractivity contribution in [2.24, 2.45) is 0 Å². The van der Waals surface area contributed by atoms with E-state index in [0.29, 0.717) is 18.8 Å². The first-order chi connectivity index (χ1) is 12.2. The molecule has 6 nitrogen and oxygen atoms in total. The third-order valence-electron chi connectivity index (χ3n) is 3.58. The number of halogens is 4. The summed E-state index contributed by atoms with van der Waals surface area (Å²) in [6.07, 6.45) is -4.50. The molecule has 0 unspecified atom stereocenters. The van der Waals surface area contributed by atoms with Crippen LogP contribution in [0.15, 0.2) is 35.1 Å². The van der Waals surface area contributed by atoms with Crippen LogP contribution < -0.4 is 16.1 Å². The van der Waals surface area contributed by atoms with Crippen LogP contribution >= 0.6 is 12.4 Å². The van der Waals surface area contributed by atoms with Crippen LogP contribution in [-0.4, -0.2) is 35.3 Å². The maximum Gasteiger partial charge on any atom is 0.416 e. The van der Waals surface area contributed by atoms with Gasteiger partial charge in [-0.25, -0.2) is 4.68 Å². The molecular weight excluding hydrogens is 385 g/mol. The highest BCUT2D eigenvalue weighted by atomic mass is 35.5. The van der Waals surface area contributed by atoms with E-state index in [2.05, 4.69) is 15.7 Å². The smallest absolute Gasteiger partial charge is 0.349 e. The standard InChI is InChI=1S/C17H19F3N4O2.ClH/c1-3-21-7-8-22-16(26)15-14(25)9-11(2)24(23-15)13-6-4-5-12(10-13)17(18,19)20;/h4-6,9-10,21H,3,7-8H2,1-2H3,(H,22,26);1H. The van der Waals surface area contributed by atoms with Gasteiger partial charge in [-0.2, -0.15) is 18.3 Å². The van der Waals surface area contributed by atoms with Crippen molar-refractivity contribution < 1.29 is 18.0 Å². The summed E-state index contributed by atoms with van der Waals surface area (Å²) in [5, 5.41) is 9.53. The predicted molar refractivity (Wildman–Crippen MR) is 97.7 cm³/mol. The number of hydrogen-bond acceptors (Lipinski definition) is 4. The van der Waals surface area contributed by atoms with Gasteiger partial charge in [-0.05, 0) is 31.7 Å². The van der Waals surface area contributed by atoms with Crippen LogP contribution in [0.1, 0.15) is 28.7 Å². The summed E-state index contributed by atoms with van der Waals surface area (Å²) in [6, 6.07) is 5.69. The molecule has 1 amide bonds. The van der Waals surface area contributed by atoms with E-state index in [0.717, 1.165) is 23.4 Å². The Morgan fingerprint density at radius 1 is 1.22 bits per heavy atom. The summed E-state index contributed by atoms with van der Waals surface area (Å²) in [6.45, 7) is 5.00. The molecule has 0 fully saturated rings. The largest absolute Gasteiger partial charge is 0.416 e. The molecule has 27 heavy (non-hydrogen) atoms. The van der Waals surface area contributed by atoms with Gasteiger partial charge in [0.05, 0.1) is 11.3 Å². The minimum Gasteiger partial charge on any atom is -0.349 e. The number of rotatable bonds is 6. The van der Waals surface area contributed by atoms with Gasteiger partial charge in [0.2, 0.25) is 5.43 Å². The van der Waals surface area contributed by atoms with E-state index >= 15 is 0 Å². The third kappa shape index (κ3) is 5.80. The van der Waals surface area contributed by atoms with Crippen molar-refractivity contribution in [1.82, 2.24) is 20.4 Å². The SMILES string of the molecule is CCNCCNC(=O)c1nn(-c2cccc(C(F)(F)F)c2)c(C)cc1=O.Cl. The van der Waals surface area contributed by atoms with Gasteiger partial charge in [0, 0.05) is 24.8 Å². The number of nitrogens with zero attached hydrogens (tertiary/aromatic N) is 2. The number of nitrogens with one attached hydrogen (secondary N) is 2. The summed E-state index contributed by atoms with van der Waals surface area (Å²) in [5.74, 6) is -0.673. The molecule has 0 aliphatic heterocycles. The van der Waals surface area contributed by atoms with Crippen LogP contribution in [0.25, 0.3) is 5.69 Å². The Balaban J connectivity index is 0.00000364. The van der Waals surface area contributed by atoms with Gasteiger partial charge in [0.1, 0.15) is 0 Å². The van der Waals surface area contributed by atoms with Gasteiger partial charge in [0.15, 0.2) is 5.69 Å². The number of amides is 1. The van der Waals surface area contributed by atoms with E-state index in [1.165, 1.54) is 25.1 Å². The van der Waals surface area contributed by atoms with E-state index in [-0.39, 0.29) is 23.8 Å². The van der Waals surface area contributed by atoms with Crippen LogP contribution in [0.2, 0.25) is 0 Å². The summed E-state index contributed by atoms with van der Waals surface area (Å²) >= 11 is 0. The molecule has 0 saturated carbocycles. The molecule has 2 rings (SSSR count). The van der Waals surface area contributed by atoms with Crippen LogP contribution in [0.5, 0.6) is 0 Å². The summed E-state index contributed by atoms with van der Waals surface area (Å²) in [5.41, 5.74) is -1.37. The van der Waals surface area contributed by atoms with Crippen molar-refractivity contribution >= 4 is 18.3 Å². The summed E-state index contributed by atoms with van der Waals surface area (Å²) < 4.78 is 39.9. The highest BCUT2D eigenvalue weighted by Gasteiger charge is 2.30. The zero-order chi connectivity index (χ0) is 19.3. The van der Waals surface area contributed by atoms with Gasteiger partial charge < -0.3 is 10.6 Å². The molecule has 10 heteroatoms. The Labute approximate surface area is 160 Å². The average Bonchev–Trinajstić information content (AvgIpc) is 2.58. The molecule has 1 aromatic carbocycles.